The molecule has 35 heavy (non-hydrogen) atoms. The standard InChI is InChI=1S/C27H35N7O/c1-7-24(25-30-31-32-34(25)27(5,6)8-2)33(16-20-10-9-11-28-15-20)17-21-14-22-19(4)12-18(3)13-23(22)29-26(21)35/h9-15,24H,7-8,16-17H2,1-6H3,(H,29,35)/t24-/m1/s1. The Morgan fingerprint density at radius 2 is 1.94 bits per heavy atom. The van der Waals surface area contributed by atoms with Gasteiger partial charge in [-0.2, -0.15) is 0 Å². The largest absolute Gasteiger partial charge is 0.322 e. The number of hydrogen-bond donors (Lipinski definition) is 1. The second-order valence-corrected chi connectivity index (χ2v) is 9.97. The number of aryl methyl sites for hydroxylation is 2. The Kier molecular flexibility index (Phi) is 7.12. The Morgan fingerprint density at radius 3 is 2.63 bits per heavy atom. The summed E-state index contributed by atoms with van der Waals surface area (Å²) in [4.78, 5) is 22.9. The van der Waals surface area contributed by atoms with Gasteiger partial charge in [0.1, 0.15) is 0 Å². The monoisotopic (exact) mass is 473 g/mol. The highest BCUT2D eigenvalue weighted by Gasteiger charge is 2.31. The topological polar surface area (TPSA) is 92.6 Å². The normalized spacial score (nSPS) is 13.0. The van der Waals surface area contributed by atoms with Crippen molar-refractivity contribution in [3.8, 4) is 0 Å². The number of rotatable bonds is 9. The minimum atomic E-state index is -0.221. The molecule has 0 aliphatic rings. The Balaban J connectivity index is 1.79. The lowest BCUT2D eigenvalue weighted by Gasteiger charge is -2.33. The Bertz CT molecular complexity index is 1360. The van der Waals surface area contributed by atoms with Gasteiger partial charge in [-0.25, -0.2) is 4.68 Å². The fraction of sp³-hybridized carbons (Fsp3) is 0.444. The third-order valence-electron chi connectivity index (χ3n) is 6.93. The molecular weight excluding hydrogens is 438 g/mol. The predicted molar refractivity (Wildman–Crippen MR) is 138 cm³/mol. The van der Waals surface area contributed by atoms with Crippen molar-refractivity contribution in [2.75, 3.05) is 0 Å². The van der Waals surface area contributed by atoms with Crippen LogP contribution in [0.25, 0.3) is 10.9 Å². The van der Waals surface area contributed by atoms with Gasteiger partial charge in [0.05, 0.1) is 11.6 Å². The zero-order valence-corrected chi connectivity index (χ0v) is 21.5. The summed E-state index contributed by atoms with van der Waals surface area (Å²) in [5.41, 5.74) is 4.66. The van der Waals surface area contributed by atoms with Crippen LogP contribution in [0.5, 0.6) is 0 Å². The van der Waals surface area contributed by atoms with Crippen LogP contribution in [-0.4, -0.2) is 35.1 Å². The van der Waals surface area contributed by atoms with E-state index < -0.39 is 0 Å². The molecule has 0 spiro atoms. The average Bonchev–Trinajstić information content (AvgIpc) is 3.31. The third kappa shape index (κ3) is 5.17. The van der Waals surface area contributed by atoms with Crippen LogP contribution in [0.2, 0.25) is 0 Å². The van der Waals surface area contributed by atoms with Crippen LogP contribution in [0, 0.1) is 13.8 Å². The van der Waals surface area contributed by atoms with E-state index in [4.69, 9.17) is 0 Å². The molecule has 0 saturated carbocycles. The van der Waals surface area contributed by atoms with Gasteiger partial charge in [0, 0.05) is 41.9 Å². The molecule has 3 heterocycles. The average molecular weight is 474 g/mol. The van der Waals surface area contributed by atoms with Crippen molar-refractivity contribution in [3.63, 3.8) is 0 Å². The third-order valence-corrected chi connectivity index (χ3v) is 6.93. The van der Waals surface area contributed by atoms with Crippen LogP contribution in [-0.2, 0) is 18.6 Å². The molecule has 1 atom stereocenters. The summed E-state index contributed by atoms with van der Waals surface area (Å²) in [6.45, 7) is 13.8. The molecule has 184 valence electrons. The van der Waals surface area contributed by atoms with Gasteiger partial charge in [0.25, 0.3) is 5.56 Å². The molecule has 8 nitrogen and oxygen atoms in total. The van der Waals surface area contributed by atoms with E-state index in [1.807, 2.05) is 36.0 Å². The Hall–Kier alpha value is -3.39. The van der Waals surface area contributed by atoms with Gasteiger partial charge in [-0.3, -0.25) is 14.7 Å². The summed E-state index contributed by atoms with van der Waals surface area (Å²) >= 11 is 0. The highest BCUT2D eigenvalue weighted by atomic mass is 16.1. The lowest BCUT2D eigenvalue weighted by atomic mass is 10.0. The quantitative estimate of drug-likeness (QED) is 0.374. The molecule has 0 radical (unpaired) electrons. The summed E-state index contributed by atoms with van der Waals surface area (Å²) < 4.78 is 1.94. The maximum absolute atomic E-state index is 13.2. The molecule has 0 unspecified atom stereocenters. The van der Waals surface area contributed by atoms with E-state index in [1.54, 1.807) is 6.20 Å². The summed E-state index contributed by atoms with van der Waals surface area (Å²) in [7, 11) is 0. The second-order valence-electron chi connectivity index (χ2n) is 9.97. The lowest BCUT2D eigenvalue weighted by molar-refractivity contribution is 0.150. The molecule has 4 rings (SSSR count). The van der Waals surface area contributed by atoms with Gasteiger partial charge in [0.15, 0.2) is 5.82 Å². The van der Waals surface area contributed by atoms with Crippen LogP contribution in [0.15, 0.2) is 47.5 Å². The maximum atomic E-state index is 13.2. The van der Waals surface area contributed by atoms with Crippen molar-refractivity contribution in [2.24, 2.45) is 0 Å². The number of aromatic nitrogens is 6. The van der Waals surface area contributed by atoms with Gasteiger partial charge in [-0.05, 0) is 85.9 Å². The first-order valence-electron chi connectivity index (χ1n) is 12.3. The molecule has 0 bridgehead atoms. The minimum absolute atomic E-state index is 0.0676. The van der Waals surface area contributed by atoms with E-state index >= 15 is 0 Å². The maximum Gasteiger partial charge on any atom is 0.252 e. The minimum Gasteiger partial charge on any atom is -0.322 e. The number of benzene rings is 1. The summed E-state index contributed by atoms with van der Waals surface area (Å²) in [5.74, 6) is 0.812. The van der Waals surface area contributed by atoms with Gasteiger partial charge in [0.2, 0.25) is 0 Å². The highest BCUT2D eigenvalue weighted by Crippen LogP contribution is 2.30. The van der Waals surface area contributed by atoms with Crippen molar-refractivity contribution in [3.05, 3.63) is 81.2 Å². The highest BCUT2D eigenvalue weighted by molar-refractivity contribution is 5.83. The van der Waals surface area contributed by atoms with Gasteiger partial charge < -0.3 is 4.98 Å². The number of H-pyrrole nitrogens is 1. The van der Waals surface area contributed by atoms with Gasteiger partial charge in [-0.15, -0.1) is 5.10 Å². The summed E-state index contributed by atoms with van der Waals surface area (Å²) in [6, 6.07) is 10.1. The Morgan fingerprint density at radius 1 is 1.14 bits per heavy atom. The first kappa shape index (κ1) is 24.7. The number of fused-ring (bicyclic) bond motifs is 1. The van der Waals surface area contributed by atoms with E-state index in [9.17, 15) is 4.79 Å². The summed E-state index contributed by atoms with van der Waals surface area (Å²) in [6.07, 6.45) is 5.34. The predicted octanol–water partition coefficient (Wildman–Crippen LogP) is 4.83. The first-order valence-corrected chi connectivity index (χ1v) is 12.3. The molecule has 3 aromatic heterocycles. The number of tetrazole rings is 1. The lowest BCUT2D eigenvalue weighted by Crippen LogP contribution is -2.36. The SMILES string of the molecule is CC[C@H](c1nnnn1C(C)(C)CC)N(Cc1cccnc1)Cc1cc2c(C)cc(C)cc2[nH]c1=O. The molecule has 0 aliphatic carbocycles. The van der Waals surface area contributed by atoms with Gasteiger partial charge in [-0.1, -0.05) is 26.0 Å². The van der Waals surface area contributed by atoms with E-state index in [2.05, 4.69) is 77.1 Å². The smallest absolute Gasteiger partial charge is 0.252 e. The van der Waals surface area contributed by atoms with Crippen molar-refractivity contribution in [1.29, 1.82) is 0 Å². The van der Waals surface area contributed by atoms with Crippen LogP contribution >= 0.6 is 0 Å². The van der Waals surface area contributed by atoms with E-state index in [-0.39, 0.29) is 17.1 Å². The molecule has 8 heteroatoms. The van der Waals surface area contributed by atoms with Gasteiger partial charge >= 0.3 is 0 Å². The van der Waals surface area contributed by atoms with Crippen molar-refractivity contribution < 1.29 is 0 Å². The zero-order valence-electron chi connectivity index (χ0n) is 21.5. The Labute approximate surface area is 206 Å². The number of hydrogen-bond acceptors (Lipinski definition) is 6. The van der Waals surface area contributed by atoms with Crippen molar-refractivity contribution >= 4 is 10.9 Å². The first-order chi connectivity index (χ1) is 16.7. The number of nitrogens with one attached hydrogen (secondary N) is 1. The molecule has 4 aromatic rings. The van der Waals surface area contributed by atoms with Crippen molar-refractivity contribution in [1.82, 2.24) is 35.1 Å². The van der Waals surface area contributed by atoms with E-state index in [0.717, 1.165) is 51.8 Å². The van der Waals surface area contributed by atoms with E-state index in [0.29, 0.717) is 13.1 Å². The fourth-order valence-corrected chi connectivity index (χ4v) is 4.64. The molecule has 1 aromatic carbocycles. The zero-order chi connectivity index (χ0) is 25.2. The van der Waals surface area contributed by atoms with Crippen LogP contribution in [0.1, 0.15) is 74.7 Å². The fourth-order valence-electron chi connectivity index (χ4n) is 4.64. The van der Waals surface area contributed by atoms with Crippen LogP contribution in [0.4, 0.5) is 0 Å². The molecular formula is C27H35N7O. The number of aromatic amines is 1. The molecule has 0 aliphatic heterocycles. The van der Waals surface area contributed by atoms with Crippen LogP contribution in [0.3, 0.4) is 0 Å². The molecule has 0 fully saturated rings. The van der Waals surface area contributed by atoms with E-state index in [1.165, 1.54) is 0 Å². The van der Waals surface area contributed by atoms with Crippen LogP contribution < -0.4 is 5.56 Å². The molecule has 1 N–H and O–H groups in total. The van der Waals surface area contributed by atoms with Crippen molar-refractivity contribution in [2.45, 2.75) is 79.1 Å². The molecule has 0 saturated heterocycles. The number of nitrogens with zero attached hydrogens (tertiary/aromatic N) is 6. The molecule has 0 amide bonds. The number of pyridine rings is 2. The second kappa shape index (κ2) is 10.1. The summed E-state index contributed by atoms with van der Waals surface area (Å²) in [5, 5.41) is 13.9.